The molecule has 0 aliphatic carbocycles. The third kappa shape index (κ3) is 3.01. The highest BCUT2D eigenvalue weighted by Gasteiger charge is 2.35. The summed E-state index contributed by atoms with van der Waals surface area (Å²) in [6.45, 7) is 3.78. The second-order valence-electron chi connectivity index (χ2n) is 5.30. The molecule has 24 heavy (non-hydrogen) atoms. The molecule has 1 aromatic carbocycles. The molecule has 2 amide bonds. The maximum Gasteiger partial charge on any atom is 0.426 e. The van der Waals surface area contributed by atoms with Gasteiger partial charge in [0.05, 0.1) is 17.9 Å². The van der Waals surface area contributed by atoms with Crippen LogP contribution in [0.25, 0.3) is 0 Å². The molecule has 1 aliphatic rings. The number of pyridine rings is 1. The fraction of sp³-hybridized carbons (Fsp3) is 0.235. The molecule has 0 spiro atoms. The van der Waals surface area contributed by atoms with Gasteiger partial charge in [-0.1, -0.05) is 18.2 Å². The topological polar surface area (TPSA) is 83.6 Å². The molecule has 2 heterocycles. The van der Waals surface area contributed by atoms with Crippen LogP contribution in [0, 0.1) is 6.92 Å². The fourth-order valence-electron chi connectivity index (χ4n) is 2.55. The molecule has 0 radical (unpaired) electrons. The number of hydrogen-bond acceptors (Lipinski definition) is 5. The van der Waals surface area contributed by atoms with E-state index in [0.717, 1.165) is 5.69 Å². The van der Waals surface area contributed by atoms with E-state index >= 15 is 0 Å². The minimum Gasteiger partial charge on any atom is -0.449 e. The standard InChI is InChI=1S/C17H18N4O3/c1-3-24-17(23)20-21-15(14-10-6-7-11(2)18-14)19-13-9-5-4-8-12(13)16(21)22/h4-10,15,19H,3H2,1-2H3,(H,20,23). The Morgan fingerprint density at radius 2 is 2.08 bits per heavy atom. The van der Waals surface area contributed by atoms with E-state index in [-0.39, 0.29) is 12.5 Å². The van der Waals surface area contributed by atoms with Crippen LogP contribution in [0.1, 0.15) is 34.8 Å². The summed E-state index contributed by atoms with van der Waals surface area (Å²) < 4.78 is 4.90. The highest BCUT2D eigenvalue weighted by Crippen LogP contribution is 2.31. The van der Waals surface area contributed by atoms with Crippen LogP contribution >= 0.6 is 0 Å². The third-order valence-corrected chi connectivity index (χ3v) is 3.60. The molecule has 7 nitrogen and oxygen atoms in total. The van der Waals surface area contributed by atoms with E-state index in [4.69, 9.17) is 4.74 Å². The highest BCUT2D eigenvalue weighted by atomic mass is 16.6. The lowest BCUT2D eigenvalue weighted by atomic mass is 10.1. The summed E-state index contributed by atoms with van der Waals surface area (Å²) in [6.07, 6.45) is -1.32. The normalized spacial score (nSPS) is 16.2. The molecule has 0 fully saturated rings. The number of nitrogens with one attached hydrogen (secondary N) is 2. The van der Waals surface area contributed by atoms with Crippen molar-refractivity contribution in [1.82, 2.24) is 15.4 Å². The molecule has 3 rings (SSSR count). The number of anilines is 1. The average Bonchev–Trinajstić information content (AvgIpc) is 2.57. The number of rotatable bonds is 3. The number of carbonyl (C=O) groups excluding carboxylic acids is 2. The Kier molecular flexibility index (Phi) is 4.33. The minimum atomic E-state index is -0.690. The van der Waals surface area contributed by atoms with Gasteiger partial charge in [0.1, 0.15) is 0 Å². The highest BCUT2D eigenvalue weighted by molar-refractivity contribution is 6.02. The van der Waals surface area contributed by atoms with Gasteiger partial charge < -0.3 is 10.1 Å². The van der Waals surface area contributed by atoms with Gasteiger partial charge in [-0.25, -0.2) is 15.2 Å². The Labute approximate surface area is 139 Å². The van der Waals surface area contributed by atoms with E-state index in [1.54, 1.807) is 25.1 Å². The summed E-state index contributed by atoms with van der Waals surface area (Å²) in [6, 6.07) is 12.6. The lowest BCUT2D eigenvalue weighted by Gasteiger charge is -2.36. The van der Waals surface area contributed by atoms with Crippen LogP contribution in [0.5, 0.6) is 0 Å². The molecule has 1 aromatic heterocycles. The number of fused-ring (bicyclic) bond motifs is 1. The Morgan fingerprint density at radius 1 is 1.29 bits per heavy atom. The first kappa shape index (κ1) is 15.8. The summed E-state index contributed by atoms with van der Waals surface area (Å²) in [5.41, 5.74) is 5.10. The van der Waals surface area contributed by atoms with Crippen molar-refractivity contribution in [3.8, 4) is 0 Å². The van der Waals surface area contributed by atoms with Crippen molar-refractivity contribution in [3.05, 3.63) is 59.4 Å². The Balaban J connectivity index is 2.00. The first-order chi connectivity index (χ1) is 11.6. The number of hydrazine groups is 1. The maximum absolute atomic E-state index is 12.8. The monoisotopic (exact) mass is 326 g/mol. The molecule has 0 saturated carbocycles. The number of nitrogens with zero attached hydrogens (tertiary/aromatic N) is 2. The zero-order chi connectivity index (χ0) is 17.1. The molecule has 2 N–H and O–H groups in total. The van der Waals surface area contributed by atoms with Gasteiger partial charge >= 0.3 is 6.09 Å². The fourth-order valence-corrected chi connectivity index (χ4v) is 2.55. The maximum atomic E-state index is 12.8. The lowest BCUT2D eigenvalue weighted by Crippen LogP contribution is -2.53. The number of aromatic nitrogens is 1. The van der Waals surface area contributed by atoms with Crippen molar-refractivity contribution < 1.29 is 14.3 Å². The number of hydrogen-bond donors (Lipinski definition) is 2. The van der Waals surface area contributed by atoms with Crippen molar-refractivity contribution in [2.24, 2.45) is 0 Å². The summed E-state index contributed by atoms with van der Waals surface area (Å²) in [5.74, 6) is -0.328. The van der Waals surface area contributed by atoms with Gasteiger partial charge in [-0.05, 0) is 38.1 Å². The second-order valence-corrected chi connectivity index (χ2v) is 5.30. The Bertz CT molecular complexity index is 778. The van der Waals surface area contributed by atoms with E-state index in [1.807, 2.05) is 31.2 Å². The van der Waals surface area contributed by atoms with Gasteiger partial charge in [0.2, 0.25) is 0 Å². The molecule has 7 heteroatoms. The number of amides is 2. The molecular formula is C17H18N4O3. The van der Waals surface area contributed by atoms with Crippen LogP contribution in [-0.4, -0.2) is 28.6 Å². The first-order valence-electron chi connectivity index (χ1n) is 7.66. The summed E-state index contributed by atoms with van der Waals surface area (Å²) in [4.78, 5) is 29.1. The zero-order valence-corrected chi connectivity index (χ0v) is 13.4. The summed E-state index contributed by atoms with van der Waals surface area (Å²) >= 11 is 0. The van der Waals surface area contributed by atoms with Crippen LogP contribution in [0.4, 0.5) is 10.5 Å². The zero-order valence-electron chi connectivity index (χ0n) is 13.4. The largest absolute Gasteiger partial charge is 0.449 e. The van der Waals surface area contributed by atoms with Crippen molar-refractivity contribution >= 4 is 17.7 Å². The van der Waals surface area contributed by atoms with Crippen LogP contribution in [0.2, 0.25) is 0 Å². The van der Waals surface area contributed by atoms with Crippen LogP contribution < -0.4 is 10.7 Å². The van der Waals surface area contributed by atoms with Crippen molar-refractivity contribution in [2.45, 2.75) is 20.0 Å². The van der Waals surface area contributed by atoms with Gasteiger partial charge in [0.15, 0.2) is 6.17 Å². The van der Waals surface area contributed by atoms with Gasteiger partial charge in [0.25, 0.3) is 5.91 Å². The van der Waals surface area contributed by atoms with Crippen molar-refractivity contribution in [1.29, 1.82) is 0 Å². The first-order valence-corrected chi connectivity index (χ1v) is 7.66. The van der Waals surface area contributed by atoms with Crippen LogP contribution in [0.3, 0.4) is 0 Å². The van der Waals surface area contributed by atoms with E-state index in [2.05, 4.69) is 15.7 Å². The molecule has 124 valence electrons. The molecule has 1 aliphatic heterocycles. The second kappa shape index (κ2) is 6.57. The predicted molar refractivity (Wildman–Crippen MR) is 88.1 cm³/mol. The summed E-state index contributed by atoms with van der Waals surface area (Å²) in [5, 5.41) is 4.45. The van der Waals surface area contributed by atoms with Crippen LogP contribution in [-0.2, 0) is 4.74 Å². The molecule has 0 bridgehead atoms. The number of benzene rings is 1. The number of para-hydroxylation sites is 1. The number of aryl methyl sites for hydroxylation is 1. The van der Waals surface area contributed by atoms with Crippen molar-refractivity contribution in [3.63, 3.8) is 0 Å². The molecule has 1 atom stereocenters. The van der Waals surface area contributed by atoms with E-state index in [0.29, 0.717) is 16.9 Å². The van der Waals surface area contributed by atoms with Gasteiger partial charge in [0, 0.05) is 11.4 Å². The van der Waals surface area contributed by atoms with E-state index < -0.39 is 12.3 Å². The molecule has 2 aromatic rings. The van der Waals surface area contributed by atoms with E-state index in [9.17, 15) is 9.59 Å². The van der Waals surface area contributed by atoms with Crippen LogP contribution in [0.15, 0.2) is 42.5 Å². The SMILES string of the molecule is CCOC(=O)NN1C(=O)c2ccccc2NC1c1cccc(C)n1. The van der Waals surface area contributed by atoms with Gasteiger partial charge in [-0.2, -0.15) is 0 Å². The molecule has 0 saturated heterocycles. The van der Waals surface area contributed by atoms with Crippen molar-refractivity contribution in [2.75, 3.05) is 11.9 Å². The predicted octanol–water partition coefficient (Wildman–Crippen LogP) is 2.62. The third-order valence-electron chi connectivity index (χ3n) is 3.60. The quantitative estimate of drug-likeness (QED) is 0.906. The molecule has 1 unspecified atom stereocenters. The lowest BCUT2D eigenvalue weighted by molar-refractivity contribution is 0.0501. The number of ether oxygens (including phenoxy) is 1. The average molecular weight is 326 g/mol. The van der Waals surface area contributed by atoms with Gasteiger partial charge in [-0.15, -0.1) is 0 Å². The Morgan fingerprint density at radius 3 is 2.83 bits per heavy atom. The van der Waals surface area contributed by atoms with E-state index in [1.165, 1.54) is 5.01 Å². The number of carbonyl (C=O) groups is 2. The smallest absolute Gasteiger partial charge is 0.426 e. The van der Waals surface area contributed by atoms with Gasteiger partial charge in [-0.3, -0.25) is 9.78 Å². The molecular weight excluding hydrogens is 308 g/mol. The minimum absolute atomic E-state index is 0.214. The summed E-state index contributed by atoms with van der Waals surface area (Å²) in [7, 11) is 0. The Hall–Kier alpha value is -3.09.